The predicted molar refractivity (Wildman–Crippen MR) is 73.4 cm³/mol. The van der Waals surface area contributed by atoms with Gasteiger partial charge in [0.25, 0.3) is 0 Å². The van der Waals surface area contributed by atoms with Crippen LogP contribution >= 0.6 is 0 Å². The Bertz CT molecular complexity index is 540. The molecule has 1 fully saturated rings. The fourth-order valence-corrected chi connectivity index (χ4v) is 2.73. The second-order valence-electron chi connectivity index (χ2n) is 6.53. The van der Waals surface area contributed by atoms with Gasteiger partial charge in [0.15, 0.2) is 0 Å². The minimum absolute atomic E-state index is 0.431. The molecule has 1 saturated heterocycles. The van der Waals surface area contributed by atoms with Gasteiger partial charge in [-0.3, -0.25) is 0 Å². The second kappa shape index (κ2) is 4.90. The van der Waals surface area contributed by atoms with Crippen molar-refractivity contribution < 1.29 is 26.8 Å². The topological polar surface area (TPSA) is 18.5 Å². The standard InChI is InChI=1S/C14H18BF4O2/c1-13(2)8-12(14(3,4)21-13)20-11-7-9(16)5-6-10(11)15(17,18)19/h5-7,12H,8H2,1-4H3/q-1. The van der Waals surface area contributed by atoms with E-state index in [2.05, 4.69) is 0 Å². The van der Waals surface area contributed by atoms with Crippen molar-refractivity contribution in [2.45, 2.75) is 51.4 Å². The molecule has 0 radical (unpaired) electrons. The van der Waals surface area contributed by atoms with Gasteiger partial charge < -0.3 is 22.4 Å². The zero-order valence-electron chi connectivity index (χ0n) is 12.4. The SMILES string of the molecule is CC1(C)CC(Oc2cc(F)ccc2[B-](F)(F)F)C(C)(C)O1. The molecule has 1 aromatic rings. The summed E-state index contributed by atoms with van der Waals surface area (Å²) < 4.78 is 63.6. The van der Waals surface area contributed by atoms with E-state index in [0.717, 1.165) is 18.2 Å². The van der Waals surface area contributed by atoms with E-state index in [1.54, 1.807) is 13.8 Å². The van der Waals surface area contributed by atoms with Crippen molar-refractivity contribution in [2.24, 2.45) is 0 Å². The zero-order valence-corrected chi connectivity index (χ0v) is 12.4. The fraction of sp³-hybridized carbons (Fsp3) is 0.571. The predicted octanol–water partition coefficient (Wildman–Crippen LogP) is 3.61. The van der Waals surface area contributed by atoms with E-state index in [1.165, 1.54) is 0 Å². The lowest BCUT2D eigenvalue weighted by Crippen LogP contribution is -2.41. The van der Waals surface area contributed by atoms with E-state index in [4.69, 9.17) is 9.47 Å². The number of hydrogen-bond donors (Lipinski definition) is 0. The summed E-state index contributed by atoms with van der Waals surface area (Å²) in [7, 11) is 0. The molecular formula is C14H18BF4O2-. The van der Waals surface area contributed by atoms with Crippen LogP contribution in [0.2, 0.25) is 0 Å². The Balaban J connectivity index is 2.34. The largest absolute Gasteiger partial charge is 0.513 e. The first-order chi connectivity index (χ1) is 9.41. The number of benzene rings is 1. The van der Waals surface area contributed by atoms with Crippen LogP contribution in [0.1, 0.15) is 34.1 Å². The number of ether oxygens (including phenoxy) is 2. The molecule has 1 aliphatic rings. The molecule has 7 heteroatoms. The normalized spacial score (nSPS) is 24.1. The van der Waals surface area contributed by atoms with Crippen molar-refractivity contribution in [1.82, 2.24) is 0 Å². The first-order valence-electron chi connectivity index (χ1n) is 6.77. The summed E-state index contributed by atoms with van der Waals surface area (Å²) >= 11 is 0. The molecule has 2 nitrogen and oxygen atoms in total. The van der Waals surface area contributed by atoms with Crippen LogP contribution in [-0.2, 0) is 4.74 Å². The molecule has 0 N–H and O–H groups in total. The summed E-state index contributed by atoms with van der Waals surface area (Å²) in [6, 6.07) is 2.29. The second-order valence-corrected chi connectivity index (χ2v) is 6.53. The average Bonchev–Trinajstić information content (AvgIpc) is 2.44. The van der Waals surface area contributed by atoms with Gasteiger partial charge in [-0.05, 0) is 33.8 Å². The fourth-order valence-electron chi connectivity index (χ4n) is 2.73. The Morgan fingerprint density at radius 1 is 1.19 bits per heavy atom. The van der Waals surface area contributed by atoms with Crippen molar-refractivity contribution >= 4 is 12.4 Å². The lowest BCUT2D eigenvalue weighted by atomic mass is 9.79. The Labute approximate surface area is 121 Å². The van der Waals surface area contributed by atoms with Crippen molar-refractivity contribution in [1.29, 1.82) is 0 Å². The van der Waals surface area contributed by atoms with Gasteiger partial charge in [0.05, 0.1) is 11.4 Å². The molecule has 0 aliphatic carbocycles. The van der Waals surface area contributed by atoms with Gasteiger partial charge >= 0.3 is 6.98 Å². The summed E-state index contributed by atoms with van der Waals surface area (Å²) in [6.45, 7) is 1.93. The van der Waals surface area contributed by atoms with E-state index in [-0.39, 0.29) is 0 Å². The Kier molecular flexibility index (Phi) is 3.77. The van der Waals surface area contributed by atoms with Crippen molar-refractivity contribution in [3.63, 3.8) is 0 Å². The molecule has 0 bridgehead atoms. The minimum Gasteiger partial charge on any atom is -0.490 e. The summed E-state index contributed by atoms with van der Waals surface area (Å²) in [5.41, 5.74) is -2.16. The number of hydrogen-bond acceptors (Lipinski definition) is 2. The highest BCUT2D eigenvalue weighted by Gasteiger charge is 2.48. The highest BCUT2D eigenvalue weighted by atomic mass is 19.4. The maximum atomic E-state index is 13.3. The van der Waals surface area contributed by atoms with Gasteiger partial charge in [-0.2, -0.15) is 0 Å². The summed E-state index contributed by atoms with van der Waals surface area (Å²) in [5.74, 6) is -1.23. The van der Waals surface area contributed by atoms with E-state index < -0.39 is 41.3 Å². The van der Waals surface area contributed by atoms with E-state index >= 15 is 0 Å². The molecule has 0 amide bonds. The van der Waals surface area contributed by atoms with Crippen LogP contribution in [0.5, 0.6) is 5.75 Å². The maximum Gasteiger partial charge on any atom is 0.513 e. The van der Waals surface area contributed by atoms with Gasteiger partial charge in [-0.1, -0.05) is 11.5 Å². The van der Waals surface area contributed by atoms with Gasteiger partial charge in [-0.15, -0.1) is 0 Å². The third-order valence-corrected chi connectivity index (χ3v) is 3.59. The van der Waals surface area contributed by atoms with Crippen LogP contribution < -0.4 is 10.2 Å². The molecule has 1 unspecified atom stereocenters. The highest BCUT2D eigenvalue weighted by molar-refractivity contribution is 6.74. The van der Waals surface area contributed by atoms with E-state index in [1.807, 2.05) is 13.8 Å². The summed E-state index contributed by atoms with van der Waals surface area (Å²) in [6.07, 6.45) is -0.146. The van der Waals surface area contributed by atoms with Crippen molar-refractivity contribution in [2.75, 3.05) is 0 Å². The third kappa shape index (κ3) is 3.51. The lowest BCUT2D eigenvalue weighted by Gasteiger charge is -2.29. The van der Waals surface area contributed by atoms with Crippen LogP contribution in [0.15, 0.2) is 18.2 Å². The molecule has 1 atom stereocenters. The first kappa shape index (κ1) is 16.1. The molecule has 2 rings (SSSR count). The Morgan fingerprint density at radius 2 is 1.81 bits per heavy atom. The molecule has 1 aromatic carbocycles. The minimum atomic E-state index is -5.27. The molecule has 118 valence electrons. The third-order valence-electron chi connectivity index (χ3n) is 3.59. The molecule has 21 heavy (non-hydrogen) atoms. The zero-order chi connectivity index (χ0) is 16.1. The van der Waals surface area contributed by atoms with Gasteiger partial charge in [0.2, 0.25) is 0 Å². The molecule has 0 aromatic heterocycles. The van der Waals surface area contributed by atoms with Gasteiger partial charge in [-0.25, -0.2) is 4.39 Å². The molecule has 0 saturated carbocycles. The van der Waals surface area contributed by atoms with Crippen LogP contribution in [0.25, 0.3) is 0 Å². The number of halogens is 4. The average molecular weight is 305 g/mol. The Morgan fingerprint density at radius 3 is 2.29 bits per heavy atom. The van der Waals surface area contributed by atoms with Gasteiger partial charge in [0.1, 0.15) is 17.5 Å². The quantitative estimate of drug-likeness (QED) is 0.627. The summed E-state index contributed by atoms with van der Waals surface area (Å²) in [4.78, 5) is 0. The van der Waals surface area contributed by atoms with Crippen LogP contribution in [0.4, 0.5) is 17.3 Å². The molecule has 1 heterocycles. The van der Waals surface area contributed by atoms with Crippen LogP contribution in [0.3, 0.4) is 0 Å². The lowest BCUT2D eigenvalue weighted by molar-refractivity contribution is -0.0845. The van der Waals surface area contributed by atoms with Crippen LogP contribution in [-0.4, -0.2) is 24.3 Å². The summed E-state index contributed by atoms with van der Waals surface area (Å²) in [5, 5.41) is 0. The molecule has 1 aliphatic heterocycles. The van der Waals surface area contributed by atoms with Crippen LogP contribution in [0, 0.1) is 5.82 Å². The smallest absolute Gasteiger partial charge is 0.490 e. The van der Waals surface area contributed by atoms with E-state index in [9.17, 15) is 17.3 Å². The number of rotatable bonds is 3. The van der Waals surface area contributed by atoms with Gasteiger partial charge in [0, 0.05) is 12.5 Å². The Hall–Kier alpha value is -1.24. The molecular weight excluding hydrogens is 287 g/mol. The monoisotopic (exact) mass is 305 g/mol. The van der Waals surface area contributed by atoms with E-state index in [0.29, 0.717) is 6.42 Å². The maximum absolute atomic E-state index is 13.3. The first-order valence-corrected chi connectivity index (χ1v) is 6.77. The molecule has 0 spiro atoms. The highest BCUT2D eigenvalue weighted by Crippen LogP contribution is 2.39. The van der Waals surface area contributed by atoms with Crippen molar-refractivity contribution in [3.8, 4) is 5.75 Å². The van der Waals surface area contributed by atoms with Crippen molar-refractivity contribution in [3.05, 3.63) is 24.0 Å².